The Labute approximate surface area is 202 Å². The minimum Gasteiger partial charge on any atom is -0.508 e. The number of carboxylic acid groups (broad SMARTS) is 1. The molecule has 13 nitrogen and oxygen atoms in total. The molecule has 4 amide bonds. The lowest BCUT2D eigenvalue weighted by molar-refractivity contribution is -0.143. The molecule has 5 atom stereocenters. The quantitative estimate of drug-likeness (QED) is 0.138. The normalized spacial score (nSPS) is 15.1. The minimum atomic E-state index is -1.62. The maximum absolute atomic E-state index is 13.1. The molecule has 0 aliphatic rings. The van der Waals surface area contributed by atoms with E-state index in [4.69, 9.17) is 16.6 Å². The van der Waals surface area contributed by atoms with Crippen LogP contribution in [0.2, 0.25) is 0 Å². The van der Waals surface area contributed by atoms with Gasteiger partial charge in [-0.05, 0) is 23.6 Å². The van der Waals surface area contributed by atoms with Crippen LogP contribution in [-0.4, -0.2) is 75.7 Å². The molecule has 0 aliphatic carbocycles. The fraction of sp³-hybridized carbons (Fsp3) is 0.500. The van der Waals surface area contributed by atoms with Crippen molar-refractivity contribution in [1.29, 1.82) is 0 Å². The van der Waals surface area contributed by atoms with Crippen molar-refractivity contribution < 1.29 is 39.3 Å². The molecular formula is C22H33N5O8. The summed E-state index contributed by atoms with van der Waals surface area (Å²) in [5, 5.41) is 35.1. The molecule has 35 heavy (non-hydrogen) atoms. The Bertz CT molecular complexity index is 908. The summed E-state index contributed by atoms with van der Waals surface area (Å²) in [4.78, 5) is 60.9. The third-order valence-electron chi connectivity index (χ3n) is 5.36. The van der Waals surface area contributed by atoms with Gasteiger partial charge in [0.2, 0.25) is 23.6 Å². The van der Waals surface area contributed by atoms with Crippen molar-refractivity contribution in [3.8, 4) is 5.75 Å². The first-order valence-corrected chi connectivity index (χ1v) is 11.0. The van der Waals surface area contributed by atoms with Crippen LogP contribution in [0, 0.1) is 5.92 Å². The van der Waals surface area contributed by atoms with E-state index in [1.165, 1.54) is 24.3 Å². The number of benzene rings is 1. The summed E-state index contributed by atoms with van der Waals surface area (Å²) in [5.74, 6) is -5.25. The van der Waals surface area contributed by atoms with Gasteiger partial charge in [0.05, 0.1) is 13.0 Å². The standard InChI is InChI=1S/C22H33N5O8/c1-3-11(2)18(27-19(31)14(23)10-28)21(33)25-15(8-12-4-6-13(29)7-5-12)20(32)26-16(22(34)35)9-17(24)30/h4-7,11,14-16,18,28-29H,3,8-10,23H2,1-2H3,(H2,24,30)(H,25,33)(H,26,32)(H,27,31)(H,34,35). The van der Waals surface area contributed by atoms with Gasteiger partial charge >= 0.3 is 5.97 Å². The highest BCUT2D eigenvalue weighted by Gasteiger charge is 2.32. The summed E-state index contributed by atoms with van der Waals surface area (Å²) in [7, 11) is 0. The van der Waals surface area contributed by atoms with E-state index >= 15 is 0 Å². The second-order valence-corrected chi connectivity index (χ2v) is 8.16. The average Bonchev–Trinajstić information content (AvgIpc) is 2.81. The lowest BCUT2D eigenvalue weighted by Crippen LogP contribution is -2.59. The smallest absolute Gasteiger partial charge is 0.326 e. The highest BCUT2D eigenvalue weighted by Crippen LogP contribution is 2.13. The Hall–Kier alpha value is -3.71. The van der Waals surface area contributed by atoms with Gasteiger partial charge in [-0.25, -0.2) is 4.79 Å². The van der Waals surface area contributed by atoms with Gasteiger partial charge in [0, 0.05) is 6.42 Å². The summed E-state index contributed by atoms with van der Waals surface area (Å²) in [6.07, 6.45) is -0.287. The molecule has 194 valence electrons. The fourth-order valence-corrected chi connectivity index (χ4v) is 3.06. The molecule has 0 radical (unpaired) electrons. The van der Waals surface area contributed by atoms with Crippen LogP contribution in [0.4, 0.5) is 0 Å². The molecule has 0 saturated carbocycles. The number of aliphatic hydroxyl groups excluding tert-OH is 1. The van der Waals surface area contributed by atoms with Gasteiger partial charge in [-0.15, -0.1) is 0 Å². The molecule has 0 bridgehead atoms. The van der Waals surface area contributed by atoms with Crippen LogP contribution in [0.3, 0.4) is 0 Å². The molecule has 1 aromatic rings. The van der Waals surface area contributed by atoms with Gasteiger partial charge in [0.1, 0.15) is 29.9 Å². The molecule has 0 fully saturated rings. The second kappa shape index (κ2) is 13.9. The highest BCUT2D eigenvalue weighted by atomic mass is 16.4. The monoisotopic (exact) mass is 495 g/mol. The zero-order valence-corrected chi connectivity index (χ0v) is 19.6. The van der Waals surface area contributed by atoms with Crippen LogP contribution >= 0.6 is 0 Å². The third kappa shape index (κ3) is 9.59. The number of nitrogens with two attached hydrogens (primary N) is 2. The van der Waals surface area contributed by atoms with E-state index < -0.39 is 66.8 Å². The van der Waals surface area contributed by atoms with Crippen LogP contribution in [0.5, 0.6) is 5.75 Å². The zero-order valence-electron chi connectivity index (χ0n) is 19.6. The third-order valence-corrected chi connectivity index (χ3v) is 5.36. The van der Waals surface area contributed by atoms with Crippen LogP contribution in [-0.2, 0) is 30.4 Å². The predicted molar refractivity (Wildman–Crippen MR) is 124 cm³/mol. The molecule has 1 aromatic carbocycles. The molecular weight excluding hydrogens is 462 g/mol. The first-order chi connectivity index (χ1) is 16.4. The molecule has 5 unspecified atom stereocenters. The van der Waals surface area contributed by atoms with Gasteiger partial charge in [-0.1, -0.05) is 32.4 Å². The number of nitrogens with one attached hydrogen (secondary N) is 3. The van der Waals surface area contributed by atoms with Gasteiger partial charge in [0.25, 0.3) is 0 Å². The summed E-state index contributed by atoms with van der Waals surface area (Å²) < 4.78 is 0. The van der Waals surface area contributed by atoms with E-state index in [9.17, 15) is 34.2 Å². The number of aromatic hydroxyl groups is 1. The largest absolute Gasteiger partial charge is 0.508 e. The number of carbonyl (C=O) groups is 5. The zero-order chi connectivity index (χ0) is 26.7. The number of primary amides is 1. The van der Waals surface area contributed by atoms with Crippen LogP contribution in [0.15, 0.2) is 24.3 Å². The number of hydrogen-bond donors (Lipinski definition) is 8. The fourth-order valence-electron chi connectivity index (χ4n) is 3.06. The first kappa shape index (κ1) is 29.3. The van der Waals surface area contributed by atoms with E-state index in [-0.39, 0.29) is 18.1 Å². The maximum atomic E-state index is 13.1. The molecule has 13 heteroatoms. The topological polar surface area (TPSA) is 234 Å². The van der Waals surface area contributed by atoms with Gasteiger partial charge in [-0.3, -0.25) is 19.2 Å². The summed E-state index contributed by atoms with van der Waals surface area (Å²) in [6.45, 7) is 2.84. The highest BCUT2D eigenvalue weighted by molar-refractivity contribution is 5.95. The molecule has 0 spiro atoms. The number of rotatable bonds is 14. The molecule has 0 heterocycles. The van der Waals surface area contributed by atoms with Crippen molar-refractivity contribution in [3.05, 3.63) is 29.8 Å². The lowest BCUT2D eigenvalue weighted by atomic mass is 9.96. The van der Waals surface area contributed by atoms with E-state index in [1.807, 2.05) is 0 Å². The Morgan fingerprint density at radius 1 is 0.943 bits per heavy atom. The predicted octanol–water partition coefficient (Wildman–Crippen LogP) is -2.29. The Morgan fingerprint density at radius 3 is 2.00 bits per heavy atom. The van der Waals surface area contributed by atoms with Crippen LogP contribution in [0.1, 0.15) is 32.3 Å². The van der Waals surface area contributed by atoms with Crippen molar-refractivity contribution in [2.24, 2.45) is 17.4 Å². The van der Waals surface area contributed by atoms with E-state index in [2.05, 4.69) is 16.0 Å². The van der Waals surface area contributed by atoms with Crippen molar-refractivity contribution in [1.82, 2.24) is 16.0 Å². The number of aliphatic carboxylic acids is 1. The lowest BCUT2D eigenvalue weighted by Gasteiger charge is -2.27. The Balaban J connectivity index is 3.19. The number of amides is 4. The number of carbonyl (C=O) groups excluding carboxylic acids is 4. The molecule has 0 aromatic heterocycles. The Kier molecular flexibility index (Phi) is 11.6. The van der Waals surface area contributed by atoms with Crippen LogP contribution in [0.25, 0.3) is 0 Å². The molecule has 10 N–H and O–H groups in total. The van der Waals surface area contributed by atoms with Crippen LogP contribution < -0.4 is 27.4 Å². The number of phenolic OH excluding ortho intramolecular Hbond substituents is 1. The Morgan fingerprint density at radius 2 is 1.51 bits per heavy atom. The van der Waals surface area contributed by atoms with Gasteiger partial charge < -0.3 is 42.7 Å². The SMILES string of the molecule is CCC(C)C(NC(=O)C(N)CO)C(=O)NC(Cc1ccc(O)cc1)C(=O)NC(CC(N)=O)C(=O)O. The molecule has 1 rings (SSSR count). The van der Waals surface area contributed by atoms with Crippen molar-refractivity contribution in [2.75, 3.05) is 6.61 Å². The van der Waals surface area contributed by atoms with E-state index in [0.29, 0.717) is 12.0 Å². The van der Waals surface area contributed by atoms with Crippen molar-refractivity contribution in [3.63, 3.8) is 0 Å². The average molecular weight is 496 g/mol. The van der Waals surface area contributed by atoms with Crippen molar-refractivity contribution >= 4 is 29.6 Å². The number of phenols is 1. The molecule has 0 saturated heterocycles. The van der Waals surface area contributed by atoms with Gasteiger partial charge in [-0.2, -0.15) is 0 Å². The summed E-state index contributed by atoms with van der Waals surface area (Å²) >= 11 is 0. The minimum absolute atomic E-state index is 0.0223. The number of carboxylic acids is 1. The number of hydrogen-bond acceptors (Lipinski definition) is 8. The van der Waals surface area contributed by atoms with Gasteiger partial charge in [0.15, 0.2) is 0 Å². The summed E-state index contributed by atoms with van der Waals surface area (Å²) in [5.41, 5.74) is 11.1. The first-order valence-electron chi connectivity index (χ1n) is 11.0. The van der Waals surface area contributed by atoms with Crippen molar-refractivity contribution in [2.45, 2.75) is 57.3 Å². The maximum Gasteiger partial charge on any atom is 0.326 e. The number of aliphatic hydroxyl groups is 1. The second-order valence-electron chi connectivity index (χ2n) is 8.16. The van der Waals surface area contributed by atoms with E-state index in [1.54, 1.807) is 13.8 Å². The van der Waals surface area contributed by atoms with E-state index in [0.717, 1.165) is 0 Å². The molecule has 0 aliphatic heterocycles. The summed E-state index contributed by atoms with van der Waals surface area (Å²) in [6, 6.07) is 0.470.